The van der Waals surface area contributed by atoms with Crippen LogP contribution in [-0.4, -0.2) is 12.6 Å². The van der Waals surface area contributed by atoms with Gasteiger partial charge in [-0.2, -0.15) is 0 Å². The van der Waals surface area contributed by atoms with Gasteiger partial charge in [-0.05, 0) is 20.8 Å². The summed E-state index contributed by atoms with van der Waals surface area (Å²) in [4.78, 5) is 11.1. The second-order valence-electron chi connectivity index (χ2n) is 2.80. The van der Waals surface area contributed by atoms with Crippen molar-refractivity contribution in [3.63, 3.8) is 0 Å². The Morgan fingerprint density at radius 2 is 2.17 bits per heavy atom. The predicted octanol–water partition coefficient (Wildman–Crippen LogP) is 2.63. The summed E-state index contributed by atoms with van der Waals surface area (Å²) in [6.45, 7) is 4.73. The molecule has 2 nitrogen and oxygen atoms in total. The summed E-state index contributed by atoms with van der Waals surface area (Å²) in [5, 5.41) is 0. The molecular formula is C8H12ClFO2. The quantitative estimate of drug-likeness (QED) is 0.646. The minimum Gasteiger partial charge on any atom is -0.465 e. The molecular weight excluding hydrogens is 183 g/mol. The van der Waals surface area contributed by atoms with Gasteiger partial charge in [0, 0.05) is 5.54 Å². The second-order valence-corrected chi connectivity index (χ2v) is 3.02. The zero-order valence-corrected chi connectivity index (χ0v) is 8.11. The third-order valence-electron chi connectivity index (χ3n) is 1.48. The highest BCUT2D eigenvalue weighted by Gasteiger charge is 2.34. The molecule has 0 aromatic carbocycles. The molecule has 0 atom stereocenters. The van der Waals surface area contributed by atoms with Gasteiger partial charge in [-0.1, -0.05) is 11.6 Å². The van der Waals surface area contributed by atoms with Gasteiger partial charge in [-0.15, -0.1) is 0 Å². The molecule has 0 rings (SSSR count). The summed E-state index contributed by atoms with van der Waals surface area (Å²) in [7, 11) is 0. The molecule has 0 aliphatic carbocycles. The molecule has 70 valence electrons. The van der Waals surface area contributed by atoms with E-state index in [-0.39, 0.29) is 6.61 Å². The summed E-state index contributed by atoms with van der Waals surface area (Å²) in [5.74, 6) is -1.30. The van der Waals surface area contributed by atoms with Crippen molar-refractivity contribution in [3.8, 4) is 0 Å². The Labute approximate surface area is 76.3 Å². The Morgan fingerprint density at radius 1 is 1.67 bits per heavy atom. The zero-order chi connectivity index (χ0) is 9.78. The molecule has 4 heteroatoms. The van der Waals surface area contributed by atoms with Crippen LogP contribution in [0, 0.1) is 5.41 Å². The molecule has 0 aliphatic heterocycles. The highest BCUT2D eigenvalue weighted by Crippen LogP contribution is 2.29. The Morgan fingerprint density at radius 3 is 2.50 bits per heavy atom. The van der Waals surface area contributed by atoms with Crippen LogP contribution in [0.2, 0.25) is 0 Å². The van der Waals surface area contributed by atoms with E-state index in [2.05, 4.69) is 4.74 Å². The van der Waals surface area contributed by atoms with Crippen molar-refractivity contribution >= 4 is 17.6 Å². The highest BCUT2D eigenvalue weighted by atomic mass is 35.5. The van der Waals surface area contributed by atoms with E-state index in [4.69, 9.17) is 11.6 Å². The van der Waals surface area contributed by atoms with Gasteiger partial charge in [0.2, 0.25) is 0 Å². The molecule has 12 heavy (non-hydrogen) atoms. The lowest BCUT2D eigenvalue weighted by atomic mass is 9.93. The monoisotopic (exact) mass is 194 g/mol. The van der Waals surface area contributed by atoms with Crippen molar-refractivity contribution in [1.82, 2.24) is 0 Å². The number of hydrogen-bond acceptors (Lipinski definition) is 2. The van der Waals surface area contributed by atoms with Gasteiger partial charge in [0.05, 0.1) is 6.61 Å². The van der Waals surface area contributed by atoms with Crippen LogP contribution in [-0.2, 0) is 9.53 Å². The Bertz CT molecular complexity index is 199. The van der Waals surface area contributed by atoms with Crippen molar-refractivity contribution in [1.29, 1.82) is 0 Å². The minimum absolute atomic E-state index is 0.234. The molecule has 0 unspecified atom stereocenters. The van der Waals surface area contributed by atoms with Gasteiger partial charge in [0.15, 0.2) is 0 Å². The Balaban J connectivity index is 4.49. The van der Waals surface area contributed by atoms with Crippen LogP contribution in [0.1, 0.15) is 20.8 Å². The zero-order valence-electron chi connectivity index (χ0n) is 7.36. The average molecular weight is 195 g/mol. The number of carbonyl (C=O) groups is 1. The lowest BCUT2D eigenvalue weighted by molar-refractivity contribution is -0.152. The van der Waals surface area contributed by atoms with Gasteiger partial charge in [0.1, 0.15) is 11.2 Å². The summed E-state index contributed by atoms with van der Waals surface area (Å²) in [5.41, 5.74) is -0.533. The van der Waals surface area contributed by atoms with Crippen molar-refractivity contribution in [2.75, 3.05) is 6.61 Å². The molecule has 0 aromatic heterocycles. The number of ether oxygens (including phenoxy) is 1. The fraction of sp³-hybridized carbons (Fsp3) is 0.625. The topological polar surface area (TPSA) is 26.3 Å². The van der Waals surface area contributed by atoms with E-state index in [9.17, 15) is 9.18 Å². The summed E-state index contributed by atoms with van der Waals surface area (Å²) < 4.78 is 17.6. The molecule has 0 aromatic rings. The minimum atomic E-state index is -1.28. The third kappa shape index (κ3) is 2.48. The number of halogens is 2. The first kappa shape index (κ1) is 11.4. The smallest absolute Gasteiger partial charge is 0.318 e. The molecule has 0 saturated carbocycles. The molecule has 0 aliphatic rings. The fourth-order valence-corrected chi connectivity index (χ4v) is 0.818. The summed E-state index contributed by atoms with van der Waals surface area (Å²) in [6, 6.07) is 0. The van der Waals surface area contributed by atoms with E-state index >= 15 is 0 Å². The van der Waals surface area contributed by atoms with Crippen LogP contribution < -0.4 is 0 Å². The van der Waals surface area contributed by atoms with E-state index in [1.165, 1.54) is 13.8 Å². The molecule has 0 spiro atoms. The van der Waals surface area contributed by atoms with Gasteiger partial charge < -0.3 is 4.74 Å². The number of hydrogen-bond donors (Lipinski definition) is 0. The van der Waals surface area contributed by atoms with Crippen LogP contribution in [0.5, 0.6) is 0 Å². The Kier molecular flexibility index (Phi) is 4.24. The van der Waals surface area contributed by atoms with Crippen molar-refractivity contribution in [2.45, 2.75) is 20.8 Å². The fourth-order valence-electron chi connectivity index (χ4n) is 0.545. The van der Waals surface area contributed by atoms with Crippen LogP contribution >= 0.6 is 11.6 Å². The average Bonchev–Trinajstić information content (AvgIpc) is 2.03. The number of carbonyl (C=O) groups excluding carboxylic acids is 1. The molecule has 0 saturated heterocycles. The summed E-state index contributed by atoms with van der Waals surface area (Å²) in [6.07, 6.45) is 0. The van der Waals surface area contributed by atoms with E-state index in [0.29, 0.717) is 0 Å². The highest BCUT2D eigenvalue weighted by molar-refractivity contribution is 6.25. The van der Waals surface area contributed by atoms with E-state index in [1.54, 1.807) is 6.92 Å². The first-order valence-electron chi connectivity index (χ1n) is 3.60. The van der Waals surface area contributed by atoms with Crippen LogP contribution in [0.4, 0.5) is 4.39 Å². The van der Waals surface area contributed by atoms with E-state index in [0.717, 1.165) is 5.54 Å². The maximum atomic E-state index is 12.9. The standard InChI is InChI=1S/C8H12ClFO2/c1-4-12-7(11)8(2,3)6(10)5-9/h5H,4H2,1-3H3/b6-5-. The number of rotatable bonds is 3. The van der Waals surface area contributed by atoms with Gasteiger partial charge >= 0.3 is 5.97 Å². The normalized spacial score (nSPS) is 12.9. The number of esters is 1. The first-order chi connectivity index (χ1) is 5.46. The van der Waals surface area contributed by atoms with E-state index < -0.39 is 17.2 Å². The predicted molar refractivity (Wildman–Crippen MR) is 45.5 cm³/mol. The van der Waals surface area contributed by atoms with Crippen molar-refractivity contribution in [3.05, 3.63) is 11.4 Å². The van der Waals surface area contributed by atoms with Crippen LogP contribution in [0.25, 0.3) is 0 Å². The Hall–Kier alpha value is -0.570. The van der Waals surface area contributed by atoms with Gasteiger partial charge in [0.25, 0.3) is 0 Å². The third-order valence-corrected chi connectivity index (χ3v) is 1.67. The molecule has 0 radical (unpaired) electrons. The first-order valence-corrected chi connectivity index (χ1v) is 4.04. The molecule has 0 heterocycles. The molecule has 0 amide bonds. The van der Waals surface area contributed by atoms with Crippen molar-refractivity contribution in [2.24, 2.45) is 5.41 Å². The van der Waals surface area contributed by atoms with E-state index in [1.807, 2.05) is 0 Å². The molecule has 0 bridgehead atoms. The SMILES string of the molecule is CCOC(=O)C(C)(C)/C(F)=C/Cl. The maximum absolute atomic E-state index is 12.9. The van der Waals surface area contributed by atoms with Crippen LogP contribution in [0.15, 0.2) is 11.4 Å². The second kappa shape index (κ2) is 4.45. The maximum Gasteiger partial charge on any atom is 0.318 e. The molecule has 0 fully saturated rings. The summed E-state index contributed by atoms with van der Waals surface area (Å²) >= 11 is 5.14. The largest absolute Gasteiger partial charge is 0.465 e. The van der Waals surface area contributed by atoms with Crippen LogP contribution in [0.3, 0.4) is 0 Å². The van der Waals surface area contributed by atoms with Gasteiger partial charge in [-0.25, -0.2) is 4.39 Å². The lowest BCUT2D eigenvalue weighted by Crippen LogP contribution is -2.27. The van der Waals surface area contributed by atoms with Crippen molar-refractivity contribution < 1.29 is 13.9 Å². The lowest BCUT2D eigenvalue weighted by Gasteiger charge is -2.19. The van der Waals surface area contributed by atoms with Gasteiger partial charge in [-0.3, -0.25) is 4.79 Å². The molecule has 0 N–H and O–H groups in total.